The van der Waals surface area contributed by atoms with E-state index in [0.717, 1.165) is 52.1 Å². The number of amides is 1. The smallest absolute Gasteiger partial charge is 0.257 e. The van der Waals surface area contributed by atoms with Crippen molar-refractivity contribution in [2.75, 3.05) is 38.5 Å². The van der Waals surface area contributed by atoms with Gasteiger partial charge in [-0.05, 0) is 79.1 Å². The Balaban J connectivity index is 1.34. The van der Waals surface area contributed by atoms with Gasteiger partial charge in [0.25, 0.3) is 5.91 Å². The maximum absolute atomic E-state index is 13.1. The number of hydrogen-bond donors (Lipinski definition) is 1. The number of benzene rings is 2. The first-order valence-corrected chi connectivity index (χ1v) is 12.8. The average Bonchev–Trinajstić information content (AvgIpc) is 2.77. The van der Waals surface area contributed by atoms with Crippen LogP contribution in [-0.2, 0) is 6.54 Å². The minimum atomic E-state index is -0.0501. The molecule has 4 rings (SSSR count). The van der Waals surface area contributed by atoms with Crippen molar-refractivity contribution in [3.63, 3.8) is 0 Å². The lowest BCUT2D eigenvalue weighted by Gasteiger charge is -2.51. The van der Waals surface area contributed by atoms with Gasteiger partial charge in [-0.25, -0.2) is 0 Å². The number of halogens is 2. The molecule has 5 nitrogen and oxygen atoms in total. The zero-order valence-electron chi connectivity index (χ0n) is 18.9. The summed E-state index contributed by atoms with van der Waals surface area (Å²) in [5.41, 5.74) is 8.43. The molecule has 2 N–H and O–H groups in total. The molecular formula is C25H32ClIN4O. The van der Waals surface area contributed by atoms with Crippen molar-refractivity contribution in [3.05, 3.63) is 62.2 Å². The van der Waals surface area contributed by atoms with Gasteiger partial charge in [-0.15, -0.1) is 0 Å². The van der Waals surface area contributed by atoms with Crippen molar-refractivity contribution in [1.29, 1.82) is 0 Å². The van der Waals surface area contributed by atoms with Crippen molar-refractivity contribution < 1.29 is 4.79 Å². The predicted octanol–water partition coefficient (Wildman–Crippen LogP) is 4.73. The molecule has 32 heavy (non-hydrogen) atoms. The Hall–Kier alpha value is -1.35. The van der Waals surface area contributed by atoms with Crippen molar-refractivity contribution >= 4 is 45.8 Å². The molecule has 2 heterocycles. The quantitative estimate of drug-likeness (QED) is 0.430. The molecule has 172 valence electrons. The number of nitrogen functional groups attached to an aromatic ring is 1. The second-order valence-electron chi connectivity index (χ2n) is 9.39. The number of piperidine rings is 1. The van der Waals surface area contributed by atoms with Crippen molar-refractivity contribution in [1.82, 2.24) is 14.7 Å². The van der Waals surface area contributed by atoms with Crippen molar-refractivity contribution in [3.8, 4) is 0 Å². The van der Waals surface area contributed by atoms with Gasteiger partial charge in [0.1, 0.15) is 0 Å². The number of nitrogens with zero attached hydrogens (tertiary/aromatic N) is 3. The average molecular weight is 567 g/mol. The maximum atomic E-state index is 13.1. The number of hydrogen-bond acceptors (Lipinski definition) is 4. The molecule has 2 aromatic carbocycles. The molecule has 0 bridgehead atoms. The highest BCUT2D eigenvalue weighted by atomic mass is 127. The van der Waals surface area contributed by atoms with E-state index in [9.17, 15) is 4.79 Å². The molecular weight excluding hydrogens is 535 g/mol. The summed E-state index contributed by atoms with van der Waals surface area (Å²) in [5, 5.41) is 0.432. The Morgan fingerprint density at radius 1 is 1.12 bits per heavy atom. The van der Waals surface area contributed by atoms with Gasteiger partial charge < -0.3 is 10.6 Å². The first-order chi connectivity index (χ1) is 15.3. The lowest BCUT2D eigenvalue weighted by atomic mass is 9.86. The Morgan fingerprint density at radius 2 is 1.81 bits per heavy atom. The Labute approximate surface area is 210 Å². The molecule has 0 spiro atoms. The van der Waals surface area contributed by atoms with Crippen LogP contribution in [-0.4, -0.2) is 64.9 Å². The van der Waals surface area contributed by atoms with Gasteiger partial charge in [0, 0.05) is 60.1 Å². The first-order valence-electron chi connectivity index (χ1n) is 11.3. The van der Waals surface area contributed by atoms with Gasteiger partial charge in [0.05, 0.1) is 10.6 Å². The van der Waals surface area contributed by atoms with Crippen LogP contribution in [0.5, 0.6) is 0 Å². The Kier molecular flexibility index (Phi) is 7.34. The van der Waals surface area contributed by atoms with Gasteiger partial charge >= 0.3 is 0 Å². The number of piperazine rings is 1. The number of carbonyl (C=O) groups excluding carboxylic acids is 1. The highest BCUT2D eigenvalue weighted by Gasteiger charge is 2.40. The second-order valence-corrected chi connectivity index (χ2v) is 11.0. The van der Waals surface area contributed by atoms with E-state index < -0.39 is 0 Å². The summed E-state index contributed by atoms with van der Waals surface area (Å²) < 4.78 is 1.28. The highest BCUT2D eigenvalue weighted by molar-refractivity contribution is 14.1. The largest absolute Gasteiger partial charge is 0.398 e. The first kappa shape index (κ1) is 23.8. The van der Waals surface area contributed by atoms with Crippen LogP contribution in [0.4, 0.5) is 5.69 Å². The number of rotatable bonds is 4. The van der Waals surface area contributed by atoms with Crippen LogP contribution in [0.1, 0.15) is 42.6 Å². The number of likely N-dealkylation sites (tertiary alicyclic amines) is 1. The van der Waals surface area contributed by atoms with Gasteiger partial charge in [-0.3, -0.25) is 14.6 Å². The van der Waals surface area contributed by atoms with Crippen LogP contribution in [0.15, 0.2) is 42.5 Å². The van der Waals surface area contributed by atoms with Crippen LogP contribution in [0.2, 0.25) is 5.02 Å². The van der Waals surface area contributed by atoms with E-state index in [1.54, 1.807) is 18.2 Å². The number of anilines is 1. The predicted molar refractivity (Wildman–Crippen MR) is 140 cm³/mol. The minimum Gasteiger partial charge on any atom is -0.398 e. The third kappa shape index (κ3) is 5.08. The lowest BCUT2D eigenvalue weighted by molar-refractivity contribution is -0.0192. The zero-order valence-corrected chi connectivity index (χ0v) is 21.8. The highest BCUT2D eigenvalue weighted by Crippen LogP contribution is 2.33. The number of nitrogens with two attached hydrogens (primary N) is 1. The van der Waals surface area contributed by atoms with Crippen molar-refractivity contribution in [2.24, 2.45) is 0 Å². The zero-order chi connectivity index (χ0) is 22.9. The minimum absolute atomic E-state index is 0.0501. The summed E-state index contributed by atoms with van der Waals surface area (Å²) in [7, 11) is 0. The van der Waals surface area contributed by atoms with Gasteiger partial charge in [0.15, 0.2) is 0 Å². The molecule has 2 aliphatic heterocycles. The van der Waals surface area contributed by atoms with Gasteiger partial charge in [-0.1, -0.05) is 29.8 Å². The molecule has 2 aliphatic rings. The summed E-state index contributed by atoms with van der Waals surface area (Å²) in [6, 6.07) is 14.6. The SMILES string of the molecule is C[C@H]1CN(C2(C)CCN(C(=O)c3c(N)cccc3Cl)CC2)CCN1Cc1ccc(I)cc1. The monoisotopic (exact) mass is 566 g/mol. The summed E-state index contributed by atoms with van der Waals surface area (Å²) in [4.78, 5) is 20.2. The Bertz CT molecular complexity index is 939. The van der Waals surface area contributed by atoms with E-state index in [0.29, 0.717) is 22.3 Å². The fourth-order valence-electron chi connectivity index (χ4n) is 4.98. The third-order valence-electron chi connectivity index (χ3n) is 7.21. The van der Waals surface area contributed by atoms with Gasteiger partial charge in [0.2, 0.25) is 0 Å². The van der Waals surface area contributed by atoms with E-state index in [-0.39, 0.29) is 11.4 Å². The fraction of sp³-hybridized carbons (Fsp3) is 0.480. The summed E-state index contributed by atoms with van der Waals surface area (Å²) in [6.07, 6.45) is 1.93. The van der Waals surface area contributed by atoms with E-state index in [1.165, 1.54) is 9.13 Å². The topological polar surface area (TPSA) is 52.8 Å². The molecule has 2 saturated heterocycles. The summed E-state index contributed by atoms with van der Waals surface area (Å²) in [6.45, 7) is 10.4. The molecule has 2 fully saturated rings. The Morgan fingerprint density at radius 3 is 2.44 bits per heavy atom. The summed E-state index contributed by atoms with van der Waals surface area (Å²) >= 11 is 8.63. The molecule has 0 saturated carbocycles. The van der Waals surface area contributed by atoms with Crippen LogP contribution in [0, 0.1) is 3.57 Å². The van der Waals surface area contributed by atoms with Gasteiger partial charge in [-0.2, -0.15) is 0 Å². The molecule has 7 heteroatoms. The van der Waals surface area contributed by atoms with E-state index in [4.69, 9.17) is 17.3 Å². The normalized spacial score (nSPS) is 22.1. The summed E-state index contributed by atoms with van der Waals surface area (Å²) in [5.74, 6) is -0.0501. The fourth-order valence-corrected chi connectivity index (χ4v) is 5.60. The molecule has 1 amide bonds. The second kappa shape index (κ2) is 9.87. The molecule has 2 aromatic rings. The molecule has 0 aliphatic carbocycles. The van der Waals surface area contributed by atoms with Crippen LogP contribution < -0.4 is 5.73 Å². The molecule has 1 atom stereocenters. The molecule has 0 aromatic heterocycles. The van der Waals surface area contributed by atoms with E-state index in [2.05, 4.69) is 70.5 Å². The van der Waals surface area contributed by atoms with Crippen molar-refractivity contribution in [2.45, 2.75) is 44.8 Å². The van der Waals surface area contributed by atoms with Crippen LogP contribution >= 0.6 is 34.2 Å². The third-order valence-corrected chi connectivity index (χ3v) is 8.25. The standard InChI is InChI=1S/C25H32ClIN4O/c1-18-16-31(15-14-30(18)17-19-6-8-20(27)9-7-19)25(2)10-12-29(13-11-25)24(32)23-21(26)4-3-5-22(23)28/h3-9,18H,10-17,28H2,1-2H3/t18-/m0/s1. The molecule has 0 radical (unpaired) electrons. The van der Waals surface area contributed by atoms with E-state index in [1.807, 2.05) is 4.90 Å². The van der Waals surface area contributed by atoms with Crippen LogP contribution in [0.25, 0.3) is 0 Å². The molecule has 0 unspecified atom stereocenters. The lowest BCUT2D eigenvalue weighted by Crippen LogP contribution is -2.61. The maximum Gasteiger partial charge on any atom is 0.257 e. The van der Waals surface area contributed by atoms with E-state index >= 15 is 0 Å². The number of carbonyl (C=O) groups is 1. The van der Waals surface area contributed by atoms with Crippen LogP contribution in [0.3, 0.4) is 0 Å².